The molecule has 0 N–H and O–H groups in total. The lowest BCUT2D eigenvalue weighted by Crippen LogP contribution is -2.51. The van der Waals surface area contributed by atoms with E-state index in [1.54, 1.807) is 11.8 Å². The second-order valence-corrected chi connectivity index (χ2v) is 7.57. The van der Waals surface area contributed by atoms with E-state index in [1.807, 2.05) is 23.1 Å². The molecule has 0 unspecified atom stereocenters. The number of hydrogen-bond donors (Lipinski definition) is 0. The second kappa shape index (κ2) is 8.31. The van der Waals surface area contributed by atoms with Crippen LogP contribution in [0.4, 0.5) is 0 Å². The largest absolute Gasteiger partial charge is 0.466 e. The van der Waals surface area contributed by atoms with Crippen LogP contribution in [0.1, 0.15) is 37.7 Å². The topological polar surface area (TPSA) is 85.4 Å². The summed E-state index contributed by atoms with van der Waals surface area (Å²) in [5.74, 6) is 1.47. The van der Waals surface area contributed by atoms with Crippen LogP contribution in [-0.4, -0.2) is 67.2 Å². The van der Waals surface area contributed by atoms with Crippen LogP contribution >= 0.6 is 0 Å². The van der Waals surface area contributed by atoms with Gasteiger partial charge in [0, 0.05) is 38.5 Å². The van der Waals surface area contributed by atoms with Gasteiger partial charge in [0.15, 0.2) is 11.5 Å². The zero-order valence-electron chi connectivity index (χ0n) is 16.6. The van der Waals surface area contributed by atoms with Crippen LogP contribution < -0.4 is 9.47 Å². The van der Waals surface area contributed by atoms with Crippen LogP contribution in [0.15, 0.2) is 18.2 Å². The van der Waals surface area contributed by atoms with E-state index < -0.39 is 0 Å². The Balaban J connectivity index is 1.24. The van der Waals surface area contributed by atoms with Gasteiger partial charge < -0.3 is 24.0 Å². The first-order chi connectivity index (χ1) is 14.1. The Morgan fingerprint density at radius 2 is 1.76 bits per heavy atom. The summed E-state index contributed by atoms with van der Waals surface area (Å²) in [6, 6.07) is 5.88. The molecule has 1 aliphatic carbocycles. The van der Waals surface area contributed by atoms with Gasteiger partial charge in [0.05, 0.1) is 13.0 Å². The molecule has 2 amide bonds. The Bertz CT molecular complexity index is 802. The Morgan fingerprint density at radius 1 is 1.03 bits per heavy atom. The molecule has 2 aliphatic heterocycles. The maximum Gasteiger partial charge on any atom is 0.306 e. The van der Waals surface area contributed by atoms with Crippen molar-refractivity contribution in [3.05, 3.63) is 23.8 Å². The predicted molar refractivity (Wildman–Crippen MR) is 102 cm³/mol. The molecule has 8 heteroatoms. The van der Waals surface area contributed by atoms with Gasteiger partial charge >= 0.3 is 5.97 Å². The zero-order chi connectivity index (χ0) is 20.4. The molecule has 2 atom stereocenters. The molecular weight excluding hydrogens is 376 g/mol. The summed E-state index contributed by atoms with van der Waals surface area (Å²) in [6.07, 6.45) is 1.10. The van der Waals surface area contributed by atoms with E-state index >= 15 is 0 Å². The number of nitrogens with zero attached hydrogens (tertiary/aromatic N) is 2. The minimum atomic E-state index is -0.349. The predicted octanol–water partition coefficient (Wildman–Crippen LogP) is 1.53. The Labute approximate surface area is 169 Å². The molecule has 1 saturated heterocycles. The van der Waals surface area contributed by atoms with Crippen molar-refractivity contribution < 1.29 is 28.6 Å². The van der Waals surface area contributed by atoms with Gasteiger partial charge in [-0.2, -0.15) is 0 Å². The molecule has 1 aromatic rings. The Kier molecular flexibility index (Phi) is 5.60. The average molecular weight is 402 g/mol. The molecule has 0 bridgehead atoms. The van der Waals surface area contributed by atoms with E-state index in [0.29, 0.717) is 32.8 Å². The maximum atomic E-state index is 12.8. The first-order valence-corrected chi connectivity index (χ1v) is 10.2. The van der Waals surface area contributed by atoms with Crippen molar-refractivity contribution >= 4 is 17.8 Å². The lowest BCUT2D eigenvalue weighted by atomic mass is 10.1. The lowest BCUT2D eigenvalue weighted by molar-refractivity contribution is -0.146. The minimum absolute atomic E-state index is 0.00133. The van der Waals surface area contributed by atoms with Crippen LogP contribution in [0.3, 0.4) is 0 Å². The SMILES string of the molecule is CCOC(=O)CCC(=O)N1CCN(C(=O)[C@H]2C[C@H]2c2ccc3c(c2)OCO3)CC1. The van der Waals surface area contributed by atoms with E-state index in [-0.39, 0.29) is 49.3 Å². The number of fused-ring (bicyclic) bond motifs is 1. The summed E-state index contributed by atoms with van der Waals surface area (Å²) in [5.41, 5.74) is 1.11. The number of carbonyl (C=O) groups excluding carboxylic acids is 3. The first kappa shape index (κ1) is 19.5. The van der Waals surface area contributed by atoms with Crippen molar-refractivity contribution in [3.63, 3.8) is 0 Å². The molecular formula is C21H26N2O6. The highest BCUT2D eigenvalue weighted by atomic mass is 16.7. The number of benzene rings is 1. The number of hydrogen-bond acceptors (Lipinski definition) is 6. The molecule has 29 heavy (non-hydrogen) atoms. The van der Waals surface area contributed by atoms with Crippen molar-refractivity contribution in [1.82, 2.24) is 9.80 Å². The standard InChI is InChI=1S/C21H26N2O6/c1-2-27-20(25)6-5-19(24)22-7-9-23(10-8-22)21(26)16-12-15(16)14-3-4-17-18(11-14)29-13-28-17/h3-4,11,15-16H,2,5-10,12-13H2,1H3/t15-,16-/m0/s1. The minimum Gasteiger partial charge on any atom is -0.466 e. The Hall–Kier alpha value is -2.77. The Morgan fingerprint density at radius 3 is 2.52 bits per heavy atom. The molecule has 2 heterocycles. The molecule has 0 radical (unpaired) electrons. The average Bonchev–Trinajstić information content (AvgIpc) is 3.40. The molecule has 1 aromatic carbocycles. The summed E-state index contributed by atoms with van der Waals surface area (Å²) in [5, 5.41) is 0. The van der Waals surface area contributed by atoms with Crippen molar-refractivity contribution in [3.8, 4) is 11.5 Å². The van der Waals surface area contributed by atoms with Crippen LogP contribution in [0.2, 0.25) is 0 Å². The number of rotatable bonds is 6. The van der Waals surface area contributed by atoms with E-state index in [2.05, 4.69) is 0 Å². The molecule has 2 fully saturated rings. The molecule has 0 aromatic heterocycles. The molecule has 1 saturated carbocycles. The summed E-state index contributed by atoms with van der Waals surface area (Å²) in [4.78, 5) is 40.1. The van der Waals surface area contributed by atoms with Crippen molar-refractivity contribution in [2.45, 2.75) is 32.1 Å². The summed E-state index contributed by atoms with van der Waals surface area (Å²) in [7, 11) is 0. The van der Waals surface area contributed by atoms with Crippen LogP contribution in [0, 0.1) is 5.92 Å². The van der Waals surface area contributed by atoms with Gasteiger partial charge in [-0.1, -0.05) is 6.07 Å². The van der Waals surface area contributed by atoms with E-state index in [4.69, 9.17) is 14.2 Å². The molecule has 4 rings (SSSR count). The smallest absolute Gasteiger partial charge is 0.306 e. The third-order valence-corrected chi connectivity index (χ3v) is 5.72. The van der Waals surface area contributed by atoms with Gasteiger partial charge in [0.1, 0.15) is 0 Å². The maximum absolute atomic E-state index is 12.8. The van der Waals surface area contributed by atoms with Crippen LogP contribution in [0.5, 0.6) is 11.5 Å². The van der Waals surface area contributed by atoms with Gasteiger partial charge in [0.2, 0.25) is 18.6 Å². The third-order valence-electron chi connectivity index (χ3n) is 5.72. The van der Waals surface area contributed by atoms with E-state index in [0.717, 1.165) is 23.5 Å². The zero-order valence-corrected chi connectivity index (χ0v) is 16.6. The van der Waals surface area contributed by atoms with Gasteiger partial charge in [0.25, 0.3) is 0 Å². The summed E-state index contributed by atoms with van der Waals surface area (Å²) < 4.78 is 15.6. The van der Waals surface area contributed by atoms with Gasteiger partial charge in [-0.25, -0.2) is 0 Å². The van der Waals surface area contributed by atoms with E-state index in [9.17, 15) is 14.4 Å². The van der Waals surface area contributed by atoms with Crippen LogP contribution in [0.25, 0.3) is 0 Å². The highest BCUT2D eigenvalue weighted by molar-refractivity contribution is 5.84. The first-order valence-electron chi connectivity index (χ1n) is 10.2. The van der Waals surface area contributed by atoms with Gasteiger partial charge in [-0.3, -0.25) is 14.4 Å². The molecule has 3 aliphatic rings. The lowest BCUT2D eigenvalue weighted by Gasteiger charge is -2.35. The van der Waals surface area contributed by atoms with Crippen molar-refractivity contribution in [2.75, 3.05) is 39.6 Å². The van der Waals surface area contributed by atoms with Crippen LogP contribution in [-0.2, 0) is 19.1 Å². The highest BCUT2D eigenvalue weighted by Crippen LogP contribution is 2.50. The quantitative estimate of drug-likeness (QED) is 0.671. The molecule has 8 nitrogen and oxygen atoms in total. The van der Waals surface area contributed by atoms with Gasteiger partial charge in [-0.15, -0.1) is 0 Å². The summed E-state index contributed by atoms with van der Waals surface area (Å²) in [6.45, 7) is 4.40. The fourth-order valence-corrected chi connectivity index (χ4v) is 3.99. The molecule has 156 valence electrons. The second-order valence-electron chi connectivity index (χ2n) is 7.57. The van der Waals surface area contributed by atoms with Crippen molar-refractivity contribution in [2.24, 2.45) is 5.92 Å². The monoisotopic (exact) mass is 402 g/mol. The molecule has 0 spiro atoms. The number of esters is 1. The summed E-state index contributed by atoms with van der Waals surface area (Å²) >= 11 is 0. The third kappa shape index (κ3) is 4.31. The number of ether oxygens (including phenoxy) is 3. The highest BCUT2D eigenvalue weighted by Gasteiger charge is 2.46. The fraction of sp³-hybridized carbons (Fsp3) is 0.571. The number of amides is 2. The number of carbonyl (C=O) groups is 3. The van der Waals surface area contributed by atoms with E-state index in [1.165, 1.54) is 0 Å². The van der Waals surface area contributed by atoms with Crippen molar-refractivity contribution in [1.29, 1.82) is 0 Å². The normalized spacial score (nSPS) is 22.4. The number of piperazine rings is 1. The fourth-order valence-electron chi connectivity index (χ4n) is 3.99. The van der Waals surface area contributed by atoms with Gasteiger partial charge in [-0.05, 0) is 37.0 Å².